The smallest absolute Gasteiger partial charge is 0.329 e. The fourth-order valence-corrected chi connectivity index (χ4v) is 10.2. The molecule has 472 valence electrons. The first-order chi connectivity index (χ1) is 40.6. The average Bonchev–Trinajstić information content (AvgIpc) is 3.95. The van der Waals surface area contributed by atoms with Crippen LogP contribution in [0, 0.1) is 23.7 Å². The number of aromatic nitrogens is 4. The number of rotatable bonds is 20. The van der Waals surface area contributed by atoms with Gasteiger partial charge < -0.3 is 48.0 Å². The van der Waals surface area contributed by atoms with E-state index in [0.29, 0.717) is 49.2 Å². The topological polar surface area (TPSA) is 241 Å². The molecule has 3 heterocycles. The van der Waals surface area contributed by atoms with Gasteiger partial charge in [0.2, 0.25) is 11.8 Å². The number of likely N-dealkylation sites (N-methyl/N-ethyl adjacent to an activating group) is 4. The van der Waals surface area contributed by atoms with E-state index < -0.39 is 96.1 Å². The molecule has 5 rings (SSSR count). The third-order valence-electron chi connectivity index (χ3n) is 14.9. The van der Waals surface area contributed by atoms with Crippen LogP contribution >= 0.6 is 0 Å². The van der Waals surface area contributed by atoms with E-state index in [1.807, 2.05) is 93.5 Å². The molecule has 2 aromatic heterocycles. The summed E-state index contributed by atoms with van der Waals surface area (Å²) in [6.07, 6.45) is -2.53. The van der Waals surface area contributed by atoms with Crippen molar-refractivity contribution < 1.29 is 66.8 Å². The SMILES string of the molecule is CCOc1ccn(Cc2ccc(C[C@H]3OC(=O)[C@H](CC(C)C)N(C)C(=O)[C@@H](C)OC(=O)[C@H](CC(C)C)N(C)C(=O)[C@@H](Cc4ccc(Cn5ccc(OCC)n5)cc4)OC(=O)[C@H](CC(C)C)N(C)C(=O)[C@@H](C)OC(=O)[C@H](CC(C)C)N(C)C3=O)cc2)n1. The summed E-state index contributed by atoms with van der Waals surface area (Å²) in [5.74, 6) is -6.59. The molecule has 86 heavy (non-hydrogen) atoms. The molecule has 1 fully saturated rings. The third-order valence-corrected chi connectivity index (χ3v) is 14.9. The normalized spacial score (nSPS) is 22.4. The van der Waals surface area contributed by atoms with Crippen molar-refractivity contribution in [2.75, 3.05) is 41.4 Å². The maximum atomic E-state index is 15.1. The molecule has 0 radical (unpaired) electrons. The summed E-state index contributed by atoms with van der Waals surface area (Å²) >= 11 is 0. The van der Waals surface area contributed by atoms with Crippen molar-refractivity contribution in [1.29, 1.82) is 0 Å². The minimum atomic E-state index is -1.55. The minimum Gasteiger partial charge on any atom is -0.477 e. The Balaban J connectivity index is 1.57. The number of carbonyl (C=O) groups is 8. The number of esters is 4. The molecule has 1 saturated heterocycles. The highest BCUT2D eigenvalue weighted by atomic mass is 16.6. The van der Waals surface area contributed by atoms with Crippen molar-refractivity contribution in [2.45, 2.75) is 183 Å². The molecule has 8 atom stereocenters. The minimum absolute atomic E-state index is 0.0714. The number of nitrogens with zero attached hydrogens (tertiary/aromatic N) is 8. The summed E-state index contributed by atoms with van der Waals surface area (Å²) in [7, 11) is 5.55. The second kappa shape index (κ2) is 32.1. The molecule has 22 heteroatoms. The number of benzene rings is 2. The number of amides is 4. The predicted octanol–water partition coefficient (Wildman–Crippen LogP) is 6.95. The van der Waals surface area contributed by atoms with Crippen molar-refractivity contribution in [3.8, 4) is 11.8 Å². The second-order valence-electron chi connectivity index (χ2n) is 24.0. The number of cyclic esters (lactones) is 4. The first-order valence-electron chi connectivity index (χ1n) is 30.0. The molecule has 0 bridgehead atoms. The zero-order chi connectivity index (χ0) is 63.7. The van der Waals surface area contributed by atoms with Crippen molar-refractivity contribution in [3.63, 3.8) is 0 Å². The van der Waals surface area contributed by atoms with Gasteiger partial charge in [0.05, 0.1) is 26.3 Å². The zero-order valence-electron chi connectivity index (χ0n) is 53.2. The highest BCUT2D eigenvalue weighted by molar-refractivity contribution is 5.94. The lowest BCUT2D eigenvalue weighted by molar-refractivity contribution is -0.176. The van der Waals surface area contributed by atoms with Crippen LogP contribution in [0.3, 0.4) is 0 Å². The monoisotopic (exact) mass is 1200 g/mol. The Hall–Kier alpha value is -7.78. The molecule has 0 aliphatic carbocycles. The molecule has 0 saturated carbocycles. The molecular weight excluding hydrogens is 1100 g/mol. The third kappa shape index (κ3) is 19.6. The van der Waals surface area contributed by atoms with Crippen LogP contribution in [0.25, 0.3) is 0 Å². The maximum absolute atomic E-state index is 15.1. The van der Waals surface area contributed by atoms with Crippen LogP contribution in [0.4, 0.5) is 0 Å². The Morgan fingerprint density at radius 2 is 0.674 bits per heavy atom. The molecule has 0 spiro atoms. The summed E-state index contributed by atoms with van der Waals surface area (Å²) < 4.78 is 38.8. The molecule has 1 aliphatic rings. The van der Waals surface area contributed by atoms with Gasteiger partial charge in [0.15, 0.2) is 24.4 Å². The summed E-state index contributed by atoms with van der Waals surface area (Å²) in [4.78, 5) is 122. The van der Waals surface area contributed by atoms with E-state index in [2.05, 4.69) is 10.2 Å². The lowest BCUT2D eigenvalue weighted by Gasteiger charge is -2.35. The Morgan fingerprint density at radius 3 is 0.953 bits per heavy atom. The van der Waals surface area contributed by atoms with Crippen LogP contribution in [0.5, 0.6) is 11.8 Å². The lowest BCUT2D eigenvalue weighted by atomic mass is 9.99. The fourth-order valence-electron chi connectivity index (χ4n) is 10.2. The van der Waals surface area contributed by atoms with Crippen LogP contribution in [0.15, 0.2) is 73.1 Å². The molecule has 0 unspecified atom stereocenters. The van der Waals surface area contributed by atoms with Gasteiger partial charge in [-0.3, -0.25) is 28.5 Å². The molecule has 22 nitrogen and oxygen atoms in total. The summed E-state index contributed by atoms with van der Waals surface area (Å²) in [5, 5.41) is 8.88. The van der Waals surface area contributed by atoms with Gasteiger partial charge in [0.25, 0.3) is 23.6 Å². The first-order valence-corrected chi connectivity index (χ1v) is 30.0. The Bertz CT molecular complexity index is 2690. The van der Waals surface area contributed by atoms with Crippen LogP contribution in [-0.4, -0.2) is 177 Å². The van der Waals surface area contributed by atoms with Crippen LogP contribution in [-0.2, 0) is 83.2 Å². The molecule has 4 amide bonds. The van der Waals surface area contributed by atoms with Crippen LogP contribution < -0.4 is 9.47 Å². The van der Waals surface area contributed by atoms with Crippen LogP contribution in [0.1, 0.15) is 131 Å². The van der Waals surface area contributed by atoms with Gasteiger partial charge in [-0.1, -0.05) is 104 Å². The van der Waals surface area contributed by atoms with Crippen molar-refractivity contribution in [2.24, 2.45) is 23.7 Å². The average molecular weight is 1200 g/mol. The second-order valence-corrected chi connectivity index (χ2v) is 24.0. The molecule has 1 aliphatic heterocycles. The Morgan fingerprint density at radius 1 is 0.407 bits per heavy atom. The van der Waals surface area contributed by atoms with Gasteiger partial charge >= 0.3 is 23.9 Å². The van der Waals surface area contributed by atoms with E-state index in [0.717, 1.165) is 30.7 Å². The predicted molar refractivity (Wildman–Crippen MR) is 320 cm³/mol. The van der Waals surface area contributed by atoms with Crippen molar-refractivity contribution in [1.82, 2.24) is 39.2 Å². The lowest BCUT2D eigenvalue weighted by Crippen LogP contribution is -2.55. The summed E-state index contributed by atoms with van der Waals surface area (Å²) in [5.41, 5.74) is 2.94. The standard InChI is InChI=1S/C64H92N8O14/c1-17-81-55-27-29-71(65-55)37-47-23-19-45(20-24-47)35-53-59(75)69(15)49(31-39(3)4)61(77)83-44(12)58(74)68(14)52(34-42(9)10)64(80)86-54(36-46-21-25-48(26-22-46)38-72-30-28-56(66-72)82-18-2)60(76)70(16)50(32-40(5)6)62(78)84-43(11)57(73)67(13)51(33-41(7)8)63(79)85-53/h19-30,39-44,49-54H,17-18,31-38H2,1-16H3/t43-,44-,49+,50+,51+,52+,53-,54-/m1/s1. The quantitative estimate of drug-likeness (QED) is 0.0642. The highest BCUT2D eigenvalue weighted by Crippen LogP contribution is 2.25. The summed E-state index contributed by atoms with van der Waals surface area (Å²) in [6.45, 7) is 23.0. The van der Waals surface area contributed by atoms with E-state index in [-0.39, 0.29) is 62.2 Å². The Kier molecular flexibility index (Phi) is 25.8. The van der Waals surface area contributed by atoms with E-state index in [4.69, 9.17) is 28.4 Å². The van der Waals surface area contributed by atoms with E-state index in [9.17, 15) is 28.8 Å². The molecular formula is C64H92N8O14. The molecule has 2 aromatic carbocycles. The fraction of sp³-hybridized carbons (Fsp3) is 0.594. The number of hydrogen-bond acceptors (Lipinski definition) is 16. The maximum Gasteiger partial charge on any atom is 0.329 e. The van der Waals surface area contributed by atoms with Gasteiger partial charge in [0.1, 0.15) is 24.2 Å². The first kappa shape index (κ1) is 69.0. The largest absolute Gasteiger partial charge is 0.477 e. The summed E-state index contributed by atoms with van der Waals surface area (Å²) in [6, 6.07) is 12.9. The van der Waals surface area contributed by atoms with Gasteiger partial charge in [-0.05, 0) is 99.3 Å². The number of hydrogen-bond donors (Lipinski definition) is 0. The number of carbonyl (C=O) groups excluding carboxylic acids is 8. The van der Waals surface area contributed by atoms with Gasteiger partial charge in [-0.15, -0.1) is 10.2 Å². The van der Waals surface area contributed by atoms with E-state index >= 15 is 9.59 Å². The zero-order valence-corrected chi connectivity index (χ0v) is 53.2. The van der Waals surface area contributed by atoms with Crippen molar-refractivity contribution in [3.05, 3.63) is 95.3 Å². The molecule has 4 aromatic rings. The van der Waals surface area contributed by atoms with Gasteiger partial charge in [-0.2, -0.15) is 0 Å². The van der Waals surface area contributed by atoms with E-state index in [1.165, 1.54) is 42.0 Å². The Labute approximate surface area is 507 Å². The molecule has 0 N–H and O–H groups in total. The highest BCUT2D eigenvalue weighted by Gasteiger charge is 2.43. The van der Waals surface area contributed by atoms with Crippen molar-refractivity contribution >= 4 is 47.5 Å². The van der Waals surface area contributed by atoms with Gasteiger partial charge in [0, 0.05) is 65.6 Å². The van der Waals surface area contributed by atoms with Crippen LogP contribution in [0.2, 0.25) is 0 Å². The van der Waals surface area contributed by atoms with E-state index in [1.54, 1.807) is 58.2 Å². The van der Waals surface area contributed by atoms with Gasteiger partial charge in [-0.25, -0.2) is 19.2 Å². The number of ether oxygens (including phenoxy) is 6.